The standard InChI is InChI=1S/C18H27N3O4S/c1-3-25-18(22)20-19-14(2)15-9-8-12-17(13-15)26(23,24)21-16-10-6-4-5-7-11-16/h8-9,12-13,16,21H,3-7,10-11H2,1-2H3,(H,20,22)/b19-14-. The van der Waals surface area contributed by atoms with Crippen molar-refractivity contribution in [3.8, 4) is 0 Å². The fourth-order valence-corrected chi connectivity index (χ4v) is 4.28. The smallest absolute Gasteiger partial charge is 0.427 e. The predicted molar refractivity (Wildman–Crippen MR) is 101 cm³/mol. The first-order valence-electron chi connectivity index (χ1n) is 9.02. The molecule has 1 amide bonds. The summed E-state index contributed by atoms with van der Waals surface area (Å²) in [6, 6.07) is 6.53. The highest BCUT2D eigenvalue weighted by atomic mass is 32.2. The van der Waals surface area contributed by atoms with Gasteiger partial charge in [0.15, 0.2) is 0 Å². The second kappa shape index (κ2) is 9.68. The van der Waals surface area contributed by atoms with Crippen LogP contribution in [0.15, 0.2) is 34.3 Å². The molecule has 0 bridgehead atoms. The maximum atomic E-state index is 12.7. The third-order valence-electron chi connectivity index (χ3n) is 4.33. The van der Waals surface area contributed by atoms with Crippen LogP contribution in [0.2, 0.25) is 0 Å². The number of benzene rings is 1. The van der Waals surface area contributed by atoms with Crippen LogP contribution in [0, 0.1) is 0 Å². The van der Waals surface area contributed by atoms with Crippen molar-refractivity contribution in [1.29, 1.82) is 0 Å². The number of rotatable bonds is 6. The van der Waals surface area contributed by atoms with E-state index in [1.807, 2.05) is 0 Å². The molecule has 1 aromatic carbocycles. The monoisotopic (exact) mass is 381 g/mol. The highest BCUT2D eigenvalue weighted by Gasteiger charge is 2.21. The van der Waals surface area contributed by atoms with Crippen molar-refractivity contribution in [3.05, 3.63) is 29.8 Å². The molecule has 0 aliphatic heterocycles. The van der Waals surface area contributed by atoms with Gasteiger partial charge in [-0.3, -0.25) is 0 Å². The minimum Gasteiger partial charge on any atom is -0.449 e. The lowest BCUT2D eigenvalue weighted by atomic mass is 10.1. The van der Waals surface area contributed by atoms with Gasteiger partial charge in [-0.05, 0) is 44.4 Å². The molecule has 0 radical (unpaired) electrons. The molecule has 1 aromatic rings. The van der Waals surface area contributed by atoms with E-state index >= 15 is 0 Å². The molecule has 0 unspecified atom stereocenters. The molecule has 0 saturated heterocycles. The Bertz CT molecular complexity index is 739. The molecular weight excluding hydrogens is 354 g/mol. The molecule has 26 heavy (non-hydrogen) atoms. The zero-order chi connectivity index (χ0) is 19.0. The summed E-state index contributed by atoms with van der Waals surface area (Å²) in [5.74, 6) is 0. The van der Waals surface area contributed by atoms with Gasteiger partial charge in [-0.15, -0.1) is 0 Å². The molecule has 7 nitrogen and oxygen atoms in total. The molecule has 2 N–H and O–H groups in total. The number of carbonyl (C=O) groups excluding carboxylic acids is 1. The summed E-state index contributed by atoms with van der Waals surface area (Å²) in [5, 5.41) is 3.94. The fraction of sp³-hybridized carbons (Fsp3) is 0.556. The number of sulfonamides is 1. The predicted octanol–water partition coefficient (Wildman–Crippen LogP) is 3.16. The van der Waals surface area contributed by atoms with Gasteiger partial charge in [0, 0.05) is 6.04 Å². The minimum atomic E-state index is -3.59. The summed E-state index contributed by atoms with van der Waals surface area (Å²) in [7, 11) is -3.59. The lowest BCUT2D eigenvalue weighted by Gasteiger charge is -2.16. The van der Waals surface area contributed by atoms with Crippen molar-refractivity contribution in [2.45, 2.75) is 63.3 Å². The number of amides is 1. The Morgan fingerprint density at radius 1 is 1.23 bits per heavy atom. The van der Waals surface area contributed by atoms with E-state index in [0.717, 1.165) is 38.5 Å². The van der Waals surface area contributed by atoms with Gasteiger partial charge in [0.25, 0.3) is 0 Å². The van der Waals surface area contributed by atoms with Gasteiger partial charge in [-0.2, -0.15) is 5.10 Å². The number of carbonyl (C=O) groups is 1. The number of hydrogen-bond donors (Lipinski definition) is 2. The average Bonchev–Trinajstić information content (AvgIpc) is 2.88. The molecule has 8 heteroatoms. The first-order valence-corrected chi connectivity index (χ1v) is 10.5. The van der Waals surface area contributed by atoms with Crippen LogP contribution < -0.4 is 10.1 Å². The van der Waals surface area contributed by atoms with E-state index in [1.165, 1.54) is 0 Å². The summed E-state index contributed by atoms with van der Waals surface area (Å²) in [6.07, 6.45) is 5.54. The molecule has 1 fully saturated rings. The summed E-state index contributed by atoms with van der Waals surface area (Å²) < 4.78 is 33.0. The van der Waals surface area contributed by atoms with Gasteiger partial charge in [0.05, 0.1) is 17.2 Å². The van der Waals surface area contributed by atoms with E-state index in [0.29, 0.717) is 11.3 Å². The van der Waals surface area contributed by atoms with E-state index in [-0.39, 0.29) is 17.5 Å². The summed E-state index contributed by atoms with van der Waals surface area (Å²) in [5.41, 5.74) is 3.38. The largest absolute Gasteiger partial charge is 0.449 e. The molecule has 1 aliphatic rings. The quantitative estimate of drug-likeness (QED) is 0.449. The Balaban J connectivity index is 2.11. The molecule has 2 rings (SSSR count). The first kappa shape index (κ1) is 20.4. The highest BCUT2D eigenvalue weighted by molar-refractivity contribution is 7.89. The Kier molecular flexibility index (Phi) is 7.59. The van der Waals surface area contributed by atoms with Crippen molar-refractivity contribution in [3.63, 3.8) is 0 Å². The number of nitrogens with zero attached hydrogens (tertiary/aromatic N) is 1. The van der Waals surface area contributed by atoms with Crippen LogP contribution in [0.4, 0.5) is 4.79 Å². The maximum absolute atomic E-state index is 12.7. The van der Waals surface area contributed by atoms with Gasteiger partial charge in [0.1, 0.15) is 0 Å². The molecule has 0 atom stereocenters. The normalized spacial score (nSPS) is 16.8. The van der Waals surface area contributed by atoms with Crippen molar-refractivity contribution in [1.82, 2.24) is 10.1 Å². The Morgan fingerprint density at radius 2 is 1.92 bits per heavy atom. The van der Waals surface area contributed by atoms with Crippen LogP contribution in [0.25, 0.3) is 0 Å². The topological polar surface area (TPSA) is 96.9 Å². The minimum absolute atomic E-state index is 0.00796. The van der Waals surface area contributed by atoms with E-state index in [1.54, 1.807) is 38.1 Å². The van der Waals surface area contributed by atoms with Crippen molar-refractivity contribution in [2.75, 3.05) is 6.61 Å². The van der Waals surface area contributed by atoms with E-state index < -0.39 is 16.1 Å². The van der Waals surface area contributed by atoms with Crippen molar-refractivity contribution in [2.24, 2.45) is 5.10 Å². The third kappa shape index (κ3) is 6.10. The van der Waals surface area contributed by atoms with Crippen molar-refractivity contribution < 1.29 is 17.9 Å². The number of hydrazone groups is 1. The highest BCUT2D eigenvalue weighted by Crippen LogP contribution is 2.20. The molecule has 0 spiro atoms. The Labute approximate surface area is 155 Å². The number of ether oxygens (including phenoxy) is 1. The van der Waals surface area contributed by atoms with Crippen LogP contribution >= 0.6 is 0 Å². The number of hydrogen-bond acceptors (Lipinski definition) is 5. The Morgan fingerprint density at radius 3 is 2.58 bits per heavy atom. The van der Waals surface area contributed by atoms with Crippen LogP contribution in [-0.4, -0.2) is 32.9 Å². The van der Waals surface area contributed by atoms with Crippen LogP contribution in [0.3, 0.4) is 0 Å². The second-order valence-electron chi connectivity index (χ2n) is 6.37. The molecule has 1 saturated carbocycles. The SMILES string of the molecule is CCOC(=O)N/N=C(/C)c1cccc(S(=O)(=O)NC2CCCCCC2)c1. The van der Waals surface area contributed by atoms with Crippen LogP contribution in [0.5, 0.6) is 0 Å². The first-order chi connectivity index (χ1) is 12.4. The lowest BCUT2D eigenvalue weighted by Crippen LogP contribution is -2.34. The van der Waals surface area contributed by atoms with Gasteiger partial charge >= 0.3 is 6.09 Å². The van der Waals surface area contributed by atoms with E-state index in [9.17, 15) is 13.2 Å². The second-order valence-corrected chi connectivity index (χ2v) is 8.08. The maximum Gasteiger partial charge on any atom is 0.427 e. The van der Waals surface area contributed by atoms with E-state index in [2.05, 4.69) is 15.2 Å². The average molecular weight is 381 g/mol. The van der Waals surface area contributed by atoms with Gasteiger partial charge in [-0.1, -0.05) is 37.8 Å². The van der Waals surface area contributed by atoms with Crippen molar-refractivity contribution >= 4 is 21.8 Å². The van der Waals surface area contributed by atoms with Gasteiger partial charge < -0.3 is 4.74 Å². The van der Waals surface area contributed by atoms with E-state index in [4.69, 9.17) is 4.74 Å². The zero-order valence-corrected chi connectivity index (χ0v) is 16.1. The van der Waals surface area contributed by atoms with Gasteiger partial charge in [0.2, 0.25) is 10.0 Å². The molecule has 0 aromatic heterocycles. The molecule has 1 aliphatic carbocycles. The number of nitrogens with one attached hydrogen (secondary N) is 2. The molecular formula is C18H27N3O4S. The summed E-state index contributed by atoms with van der Waals surface area (Å²) in [4.78, 5) is 11.5. The van der Waals surface area contributed by atoms with Crippen LogP contribution in [-0.2, 0) is 14.8 Å². The fourth-order valence-electron chi connectivity index (χ4n) is 2.93. The molecule has 0 heterocycles. The van der Waals surface area contributed by atoms with Gasteiger partial charge in [-0.25, -0.2) is 23.4 Å². The zero-order valence-electron chi connectivity index (χ0n) is 15.3. The van der Waals surface area contributed by atoms with Crippen LogP contribution in [0.1, 0.15) is 57.9 Å². The summed E-state index contributed by atoms with van der Waals surface area (Å²) >= 11 is 0. The third-order valence-corrected chi connectivity index (χ3v) is 5.85. The molecule has 144 valence electrons. The Hall–Kier alpha value is -1.93. The summed E-state index contributed by atoms with van der Waals surface area (Å²) in [6.45, 7) is 3.64. The lowest BCUT2D eigenvalue weighted by molar-refractivity contribution is 0.152.